The van der Waals surface area contributed by atoms with Crippen molar-refractivity contribution in [3.05, 3.63) is 145 Å². The van der Waals surface area contributed by atoms with Gasteiger partial charge >= 0.3 is 0 Å². The second-order valence-electron chi connectivity index (χ2n) is 10.5. The third-order valence-corrected chi connectivity index (χ3v) is 9.17. The van der Waals surface area contributed by atoms with E-state index in [0.29, 0.717) is 11.6 Å². The molecular formula is C39H24N4S. The van der Waals surface area contributed by atoms with E-state index in [2.05, 4.69) is 18.2 Å². The zero-order chi connectivity index (χ0) is 32.5. The van der Waals surface area contributed by atoms with E-state index < -0.39 is 0 Å². The van der Waals surface area contributed by atoms with Crippen LogP contribution >= 0.6 is 11.3 Å². The topological polar surface area (TPSA) is 43.6 Å². The molecule has 5 heteroatoms. The van der Waals surface area contributed by atoms with Crippen molar-refractivity contribution in [2.75, 3.05) is 0 Å². The molecule has 0 unspecified atom stereocenters. The molecule has 9 rings (SSSR count). The average Bonchev–Trinajstić information content (AvgIpc) is 3.68. The minimum atomic E-state index is -0.218. The van der Waals surface area contributed by atoms with Crippen molar-refractivity contribution in [1.29, 1.82) is 0 Å². The number of hydrogen-bond donors (Lipinski definition) is 0. The van der Waals surface area contributed by atoms with Crippen molar-refractivity contribution in [3.8, 4) is 39.9 Å². The van der Waals surface area contributed by atoms with Crippen LogP contribution in [-0.2, 0) is 0 Å². The molecule has 0 saturated carbocycles. The van der Waals surface area contributed by atoms with E-state index in [9.17, 15) is 5.48 Å². The van der Waals surface area contributed by atoms with Crippen molar-refractivity contribution >= 4 is 53.3 Å². The van der Waals surface area contributed by atoms with Gasteiger partial charge in [0.05, 0.1) is 16.5 Å². The summed E-state index contributed by atoms with van der Waals surface area (Å²) in [6.07, 6.45) is 0. The first kappa shape index (κ1) is 21.1. The molecule has 0 aliphatic rings. The molecule has 0 saturated heterocycles. The first-order valence-corrected chi connectivity index (χ1v) is 15.1. The summed E-state index contributed by atoms with van der Waals surface area (Å²) in [5, 5.41) is 4.19. The third kappa shape index (κ3) is 3.94. The minimum absolute atomic E-state index is 0.0267. The smallest absolute Gasteiger partial charge is 0.165 e. The Labute approximate surface area is 263 Å². The number of aromatic nitrogens is 4. The van der Waals surface area contributed by atoms with E-state index in [1.807, 2.05) is 108 Å². The van der Waals surface area contributed by atoms with Gasteiger partial charge in [0, 0.05) is 53.3 Å². The van der Waals surface area contributed by atoms with E-state index in [1.165, 1.54) is 0 Å². The molecule has 3 aromatic heterocycles. The molecular weight excluding hydrogens is 557 g/mol. The monoisotopic (exact) mass is 584 g/mol. The Morgan fingerprint density at radius 1 is 0.477 bits per heavy atom. The average molecular weight is 585 g/mol. The summed E-state index contributed by atoms with van der Waals surface area (Å²) in [6.45, 7) is 0. The lowest BCUT2D eigenvalue weighted by Gasteiger charge is -2.11. The first-order valence-electron chi connectivity index (χ1n) is 16.3. The predicted molar refractivity (Wildman–Crippen MR) is 183 cm³/mol. The van der Waals surface area contributed by atoms with E-state index in [0.717, 1.165) is 53.1 Å². The normalized spacial score (nSPS) is 12.9. The largest absolute Gasteiger partial charge is 0.309 e. The summed E-state index contributed by atoms with van der Waals surface area (Å²) in [4.78, 5) is 14.6. The summed E-state index contributed by atoms with van der Waals surface area (Å²) in [5.74, 6) is 0.874. The maximum Gasteiger partial charge on any atom is 0.165 e. The van der Waals surface area contributed by atoms with Gasteiger partial charge < -0.3 is 4.57 Å². The van der Waals surface area contributed by atoms with Gasteiger partial charge in [0.2, 0.25) is 0 Å². The summed E-state index contributed by atoms with van der Waals surface area (Å²) in [5.41, 5.74) is 3.38. The van der Waals surface area contributed by atoms with Crippen molar-refractivity contribution in [3.63, 3.8) is 0 Å². The lowest BCUT2D eigenvalue weighted by Crippen LogP contribution is -2.00. The Morgan fingerprint density at radius 2 is 1.05 bits per heavy atom. The fraction of sp³-hybridized carbons (Fsp3) is 0. The third-order valence-electron chi connectivity index (χ3n) is 7.95. The van der Waals surface area contributed by atoms with Crippen LogP contribution in [-0.4, -0.2) is 19.5 Å². The molecule has 44 heavy (non-hydrogen) atoms. The van der Waals surface area contributed by atoms with E-state index in [-0.39, 0.29) is 41.2 Å². The minimum Gasteiger partial charge on any atom is -0.309 e. The number of hydrogen-bond acceptors (Lipinski definition) is 4. The fourth-order valence-electron chi connectivity index (χ4n) is 5.94. The molecule has 3 heterocycles. The van der Waals surface area contributed by atoms with Crippen LogP contribution in [0.15, 0.2) is 145 Å². The maximum atomic E-state index is 9.28. The highest BCUT2D eigenvalue weighted by Crippen LogP contribution is 2.39. The Balaban J connectivity index is 1.31. The van der Waals surface area contributed by atoms with Crippen molar-refractivity contribution in [2.45, 2.75) is 0 Å². The quantitative estimate of drug-likeness (QED) is 0.207. The van der Waals surface area contributed by atoms with E-state index in [4.69, 9.17) is 15.0 Å². The maximum absolute atomic E-state index is 9.28. The highest BCUT2D eigenvalue weighted by atomic mass is 32.1. The lowest BCUT2D eigenvalue weighted by molar-refractivity contribution is 1.08. The Bertz CT molecular complexity index is 2650. The zero-order valence-electron chi connectivity index (χ0n) is 27.2. The molecule has 206 valence electrons. The molecule has 4 nitrogen and oxygen atoms in total. The van der Waals surface area contributed by atoms with Gasteiger partial charge in [-0.05, 0) is 48.4 Å². The van der Waals surface area contributed by atoms with Gasteiger partial charge in [-0.3, -0.25) is 0 Å². The van der Waals surface area contributed by atoms with Crippen molar-refractivity contribution in [1.82, 2.24) is 19.5 Å². The molecule has 0 aliphatic carbocycles. The van der Waals surface area contributed by atoms with Crippen LogP contribution in [0.2, 0.25) is 0 Å². The van der Waals surface area contributed by atoms with Crippen LogP contribution < -0.4 is 0 Å². The van der Waals surface area contributed by atoms with Gasteiger partial charge in [-0.25, -0.2) is 15.0 Å². The van der Waals surface area contributed by atoms with Crippen LogP contribution in [0.4, 0.5) is 0 Å². The molecule has 0 bridgehead atoms. The number of para-hydroxylation sites is 2. The summed E-state index contributed by atoms with van der Waals surface area (Å²) in [6, 6.07) is 38.7. The summed E-state index contributed by atoms with van der Waals surface area (Å²) >= 11 is 1.66. The molecule has 9 aromatic rings. The van der Waals surface area contributed by atoms with Gasteiger partial charge in [0.25, 0.3) is 0 Å². The SMILES string of the molecule is [2H]c1c([2H])c(-n2c3ccccc3c3ccccc32)c([2H])c([2H])c1-c1nc(-c2ccccc2)nc(-c2cccc3c2sc2ccccc23)n1. The standard InChI is InChI=1S/C39H24N4S/c1-2-11-25(12-3-1)37-40-38(42-39(41-37)32-17-10-16-31-30-15-6-9-20-35(30)44-36(31)32)26-21-23-27(24-22-26)43-33-18-7-4-13-28(33)29-14-5-8-19-34(29)43/h1-24H/i21D,22D,23D,24D. The van der Waals surface area contributed by atoms with Crippen LogP contribution in [0.3, 0.4) is 0 Å². The molecule has 6 aromatic carbocycles. The van der Waals surface area contributed by atoms with E-state index >= 15 is 0 Å². The van der Waals surface area contributed by atoms with Gasteiger partial charge in [-0.1, -0.05) is 97.1 Å². The summed E-state index contributed by atoms with van der Waals surface area (Å²) in [7, 11) is 0. The van der Waals surface area contributed by atoms with E-state index in [1.54, 1.807) is 11.3 Å². The Hall–Kier alpha value is -5.65. The highest BCUT2D eigenvalue weighted by molar-refractivity contribution is 7.26. The number of fused-ring (bicyclic) bond motifs is 6. The Morgan fingerprint density at radius 3 is 1.77 bits per heavy atom. The fourth-order valence-corrected chi connectivity index (χ4v) is 7.15. The lowest BCUT2D eigenvalue weighted by atomic mass is 10.1. The second kappa shape index (κ2) is 9.97. The number of thiophene rings is 1. The first-order chi connectivity index (χ1) is 23.5. The van der Waals surface area contributed by atoms with Gasteiger partial charge in [-0.15, -0.1) is 11.3 Å². The molecule has 0 fully saturated rings. The highest BCUT2D eigenvalue weighted by Gasteiger charge is 2.17. The van der Waals surface area contributed by atoms with Gasteiger partial charge in [0.15, 0.2) is 17.5 Å². The Kier molecular flexibility index (Phi) is 4.78. The van der Waals surface area contributed by atoms with Crippen molar-refractivity contribution in [2.24, 2.45) is 0 Å². The number of rotatable bonds is 4. The van der Waals surface area contributed by atoms with Crippen molar-refractivity contribution < 1.29 is 5.48 Å². The molecule has 0 N–H and O–H groups in total. The number of nitrogens with zero attached hydrogens (tertiary/aromatic N) is 4. The van der Waals surface area contributed by atoms with Crippen LogP contribution in [0.1, 0.15) is 5.48 Å². The van der Waals surface area contributed by atoms with Crippen LogP contribution in [0.5, 0.6) is 0 Å². The molecule has 0 aliphatic heterocycles. The second-order valence-corrected chi connectivity index (χ2v) is 11.6. The zero-order valence-corrected chi connectivity index (χ0v) is 24.1. The van der Waals surface area contributed by atoms with Crippen LogP contribution in [0.25, 0.3) is 81.8 Å². The predicted octanol–water partition coefficient (Wildman–Crippen LogP) is 10.3. The molecule has 0 spiro atoms. The molecule has 0 radical (unpaired) electrons. The molecule has 0 atom stereocenters. The van der Waals surface area contributed by atoms with Crippen LogP contribution in [0, 0.1) is 0 Å². The van der Waals surface area contributed by atoms with Gasteiger partial charge in [0.1, 0.15) is 0 Å². The summed E-state index contributed by atoms with van der Waals surface area (Å²) < 4.78 is 41.1. The van der Waals surface area contributed by atoms with Gasteiger partial charge in [-0.2, -0.15) is 0 Å². The molecule has 0 amide bonds. The number of benzene rings is 6.